The summed E-state index contributed by atoms with van der Waals surface area (Å²) in [7, 11) is 0. The zero-order valence-corrected chi connectivity index (χ0v) is 14.0. The summed E-state index contributed by atoms with van der Waals surface area (Å²) in [6.45, 7) is 5.45. The molecule has 23 heavy (non-hydrogen) atoms. The average molecular weight is 332 g/mol. The van der Waals surface area contributed by atoms with E-state index in [-0.39, 0.29) is 5.91 Å². The number of pyridine rings is 1. The van der Waals surface area contributed by atoms with E-state index in [4.69, 9.17) is 16.3 Å². The van der Waals surface area contributed by atoms with E-state index in [1.807, 2.05) is 19.9 Å². The van der Waals surface area contributed by atoms with Crippen LogP contribution in [0.15, 0.2) is 41.8 Å². The molecule has 5 nitrogen and oxygen atoms in total. The van der Waals surface area contributed by atoms with Crippen LogP contribution in [0.4, 0.5) is 0 Å². The molecular weight excluding hydrogens is 314 g/mol. The number of carbonyl (C=O) groups excluding carboxylic acids is 1. The zero-order chi connectivity index (χ0) is 16.8. The van der Waals surface area contributed by atoms with E-state index in [0.717, 1.165) is 16.7 Å². The van der Waals surface area contributed by atoms with Crippen molar-refractivity contribution in [3.05, 3.63) is 58.4 Å². The Morgan fingerprint density at radius 1 is 1.39 bits per heavy atom. The number of nitrogens with zero attached hydrogens (tertiary/aromatic N) is 2. The Bertz CT molecular complexity index is 694. The van der Waals surface area contributed by atoms with Crippen molar-refractivity contribution in [1.29, 1.82) is 0 Å². The van der Waals surface area contributed by atoms with Crippen molar-refractivity contribution in [2.24, 2.45) is 5.10 Å². The Balaban J connectivity index is 1.94. The number of aromatic nitrogens is 1. The Hall–Kier alpha value is -2.40. The smallest absolute Gasteiger partial charge is 0.280 e. The summed E-state index contributed by atoms with van der Waals surface area (Å²) in [5, 5.41) is 4.59. The largest absolute Gasteiger partial charge is 0.481 e. The van der Waals surface area contributed by atoms with Crippen LogP contribution < -0.4 is 10.2 Å². The highest BCUT2D eigenvalue weighted by Crippen LogP contribution is 2.26. The minimum atomic E-state index is -0.680. The molecule has 0 radical (unpaired) electrons. The predicted octanol–water partition coefficient (Wildman–Crippen LogP) is 3.27. The first-order chi connectivity index (χ1) is 11.0. The van der Waals surface area contributed by atoms with Gasteiger partial charge in [-0.05, 0) is 50.1 Å². The van der Waals surface area contributed by atoms with Crippen LogP contribution in [0.3, 0.4) is 0 Å². The van der Waals surface area contributed by atoms with E-state index in [1.54, 1.807) is 37.5 Å². The van der Waals surface area contributed by atoms with Gasteiger partial charge in [0.1, 0.15) is 5.75 Å². The molecule has 1 heterocycles. The first kappa shape index (κ1) is 17.0. The van der Waals surface area contributed by atoms with E-state index in [1.165, 1.54) is 6.21 Å². The fourth-order valence-corrected chi connectivity index (χ4v) is 2.05. The van der Waals surface area contributed by atoms with Gasteiger partial charge in [0.2, 0.25) is 0 Å². The highest BCUT2D eigenvalue weighted by atomic mass is 35.5. The van der Waals surface area contributed by atoms with Crippen molar-refractivity contribution in [2.45, 2.75) is 26.9 Å². The minimum absolute atomic E-state index is 0.338. The van der Waals surface area contributed by atoms with Gasteiger partial charge in [-0.3, -0.25) is 9.78 Å². The van der Waals surface area contributed by atoms with Crippen LogP contribution in [-0.2, 0) is 4.79 Å². The Labute approximate surface area is 140 Å². The van der Waals surface area contributed by atoms with Crippen molar-refractivity contribution in [3.8, 4) is 5.75 Å². The van der Waals surface area contributed by atoms with Crippen LogP contribution in [-0.4, -0.2) is 23.2 Å². The third-order valence-electron chi connectivity index (χ3n) is 3.16. The summed E-state index contributed by atoms with van der Waals surface area (Å²) in [5.41, 5.74) is 5.05. The summed E-state index contributed by atoms with van der Waals surface area (Å²) in [5.74, 6) is 0.263. The molecule has 1 atom stereocenters. The fraction of sp³-hybridized carbons (Fsp3) is 0.235. The van der Waals surface area contributed by atoms with Gasteiger partial charge in [-0.1, -0.05) is 17.7 Å². The maximum Gasteiger partial charge on any atom is 0.280 e. The molecule has 2 aromatic rings. The van der Waals surface area contributed by atoms with Crippen LogP contribution >= 0.6 is 11.6 Å². The summed E-state index contributed by atoms with van der Waals surface area (Å²) in [6.07, 6.45) is 4.16. The molecule has 0 aliphatic rings. The van der Waals surface area contributed by atoms with Gasteiger partial charge in [0.25, 0.3) is 5.91 Å². The molecular formula is C17H18ClN3O2. The number of halogens is 1. The molecule has 6 heteroatoms. The lowest BCUT2D eigenvalue weighted by Gasteiger charge is -2.14. The van der Waals surface area contributed by atoms with Gasteiger partial charge in [-0.15, -0.1) is 0 Å². The van der Waals surface area contributed by atoms with E-state index in [0.29, 0.717) is 10.8 Å². The van der Waals surface area contributed by atoms with Gasteiger partial charge in [0.15, 0.2) is 6.10 Å². The molecule has 120 valence electrons. The Morgan fingerprint density at radius 3 is 2.70 bits per heavy atom. The number of benzene rings is 1. The number of amides is 1. The minimum Gasteiger partial charge on any atom is -0.481 e. The first-order valence-electron chi connectivity index (χ1n) is 7.13. The molecule has 2 rings (SSSR count). The summed E-state index contributed by atoms with van der Waals surface area (Å²) in [4.78, 5) is 15.9. The summed E-state index contributed by atoms with van der Waals surface area (Å²) in [6, 6.07) is 7.23. The van der Waals surface area contributed by atoms with Crippen LogP contribution in [0.1, 0.15) is 23.6 Å². The number of hydrazone groups is 1. The number of carbonyl (C=O) groups is 1. The van der Waals surface area contributed by atoms with Crippen molar-refractivity contribution < 1.29 is 9.53 Å². The highest BCUT2D eigenvalue weighted by molar-refractivity contribution is 6.32. The Kier molecular flexibility index (Phi) is 5.71. The van der Waals surface area contributed by atoms with Crippen molar-refractivity contribution >= 4 is 23.7 Å². The first-order valence-corrected chi connectivity index (χ1v) is 7.51. The quantitative estimate of drug-likeness (QED) is 0.675. The third kappa shape index (κ3) is 4.79. The number of hydrogen-bond donors (Lipinski definition) is 1. The van der Waals surface area contributed by atoms with Crippen molar-refractivity contribution in [1.82, 2.24) is 10.4 Å². The molecule has 1 aromatic heterocycles. The van der Waals surface area contributed by atoms with Gasteiger partial charge in [0, 0.05) is 23.0 Å². The maximum atomic E-state index is 12.0. The highest BCUT2D eigenvalue weighted by Gasteiger charge is 2.15. The SMILES string of the molecule is Cc1cc(OC(C)C(=O)N/N=C/c2cccnc2)cc(C)c1Cl. The molecule has 1 aromatic carbocycles. The van der Waals surface area contributed by atoms with Crippen LogP contribution in [0.2, 0.25) is 5.02 Å². The fourth-order valence-electron chi connectivity index (χ4n) is 1.95. The van der Waals surface area contributed by atoms with Gasteiger partial charge in [0.05, 0.1) is 6.21 Å². The van der Waals surface area contributed by atoms with Gasteiger partial charge < -0.3 is 4.74 Å². The average Bonchev–Trinajstić information content (AvgIpc) is 2.53. The van der Waals surface area contributed by atoms with E-state index in [2.05, 4.69) is 15.5 Å². The Morgan fingerprint density at radius 2 is 2.09 bits per heavy atom. The number of nitrogens with one attached hydrogen (secondary N) is 1. The number of rotatable bonds is 5. The lowest BCUT2D eigenvalue weighted by molar-refractivity contribution is -0.127. The van der Waals surface area contributed by atoms with Crippen LogP contribution in [0.5, 0.6) is 5.75 Å². The standard InChI is InChI=1S/C17H18ClN3O2/c1-11-7-15(8-12(2)16(11)18)23-13(3)17(22)21-20-10-14-5-4-6-19-9-14/h4-10,13H,1-3H3,(H,21,22)/b20-10+. The van der Waals surface area contributed by atoms with Gasteiger partial charge in [-0.2, -0.15) is 5.10 Å². The van der Waals surface area contributed by atoms with E-state index in [9.17, 15) is 4.79 Å². The second kappa shape index (κ2) is 7.74. The lowest BCUT2D eigenvalue weighted by Crippen LogP contribution is -2.33. The molecule has 0 saturated heterocycles. The molecule has 1 N–H and O–H groups in total. The predicted molar refractivity (Wildman–Crippen MR) is 91.0 cm³/mol. The van der Waals surface area contributed by atoms with Crippen molar-refractivity contribution in [2.75, 3.05) is 0 Å². The molecule has 0 aliphatic carbocycles. The molecule has 0 spiro atoms. The molecule has 0 aliphatic heterocycles. The number of ether oxygens (including phenoxy) is 1. The second-order valence-corrected chi connectivity index (χ2v) is 5.53. The second-order valence-electron chi connectivity index (χ2n) is 5.15. The molecule has 0 fully saturated rings. The van der Waals surface area contributed by atoms with E-state index >= 15 is 0 Å². The molecule has 0 saturated carbocycles. The lowest BCUT2D eigenvalue weighted by atomic mass is 10.1. The van der Waals surface area contributed by atoms with E-state index < -0.39 is 6.10 Å². The normalized spacial score (nSPS) is 12.2. The maximum absolute atomic E-state index is 12.0. The summed E-state index contributed by atoms with van der Waals surface area (Å²) >= 11 is 6.12. The monoisotopic (exact) mass is 331 g/mol. The van der Waals surface area contributed by atoms with Crippen LogP contribution in [0.25, 0.3) is 0 Å². The van der Waals surface area contributed by atoms with Crippen LogP contribution in [0, 0.1) is 13.8 Å². The van der Waals surface area contributed by atoms with Crippen molar-refractivity contribution in [3.63, 3.8) is 0 Å². The number of aryl methyl sites for hydroxylation is 2. The molecule has 1 unspecified atom stereocenters. The molecule has 0 bridgehead atoms. The topological polar surface area (TPSA) is 63.6 Å². The summed E-state index contributed by atoms with van der Waals surface area (Å²) < 4.78 is 5.64. The molecule has 1 amide bonds. The zero-order valence-electron chi connectivity index (χ0n) is 13.2. The van der Waals surface area contributed by atoms with Gasteiger partial charge in [-0.25, -0.2) is 5.43 Å². The number of hydrogen-bond acceptors (Lipinski definition) is 4. The third-order valence-corrected chi connectivity index (χ3v) is 3.76. The van der Waals surface area contributed by atoms with Gasteiger partial charge >= 0.3 is 0 Å².